The number of fused-ring (bicyclic) bond motifs is 1. The Labute approximate surface area is 229 Å². The van der Waals surface area contributed by atoms with E-state index in [4.69, 9.17) is 11.6 Å². The van der Waals surface area contributed by atoms with Gasteiger partial charge in [0.05, 0.1) is 28.7 Å². The van der Waals surface area contributed by atoms with E-state index in [0.29, 0.717) is 54.2 Å². The van der Waals surface area contributed by atoms with Gasteiger partial charge < -0.3 is 10.4 Å². The van der Waals surface area contributed by atoms with Crippen molar-refractivity contribution in [2.24, 2.45) is 5.92 Å². The highest BCUT2D eigenvalue weighted by Gasteiger charge is 2.46. The summed E-state index contributed by atoms with van der Waals surface area (Å²) in [5, 5.41) is 17.2. The van der Waals surface area contributed by atoms with Crippen molar-refractivity contribution in [3.05, 3.63) is 69.2 Å². The first kappa shape index (κ1) is 27.2. The van der Waals surface area contributed by atoms with E-state index in [-0.39, 0.29) is 28.0 Å². The molecule has 0 saturated carbocycles. The molecule has 204 valence electrons. The number of carboxylic acids is 1. The van der Waals surface area contributed by atoms with Crippen molar-refractivity contribution in [1.29, 1.82) is 0 Å². The van der Waals surface area contributed by atoms with E-state index in [2.05, 4.69) is 10.4 Å². The fraction of sp³-hybridized carbons (Fsp3) is 0.308. The van der Waals surface area contributed by atoms with Gasteiger partial charge in [0.15, 0.2) is 0 Å². The van der Waals surface area contributed by atoms with Gasteiger partial charge in [-0.1, -0.05) is 23.7 Å². The number of nitrogens with one attached hydrogen (secondary N) is 1. The third-order valence-corrected chi connectivity index (χ3v) is 7.96. The zero-order valence-corrected chi connectivity index (χ0v) is 21.8. The van der Waals surface area contributed by atoms with Crippen LogP contribution in [-0.2, 0) is 22.3 Å². The average molecular weight is 579 g/mol. The van der Waals surface area contributed by atoms with Crippen molar-refractivity contribution in [2.45, 2.75) is 31.6 Å². The maximum absolute atomic E-state index is 13.5. The summed E-state index contributed by atoms with van der Waals surface area (Å²) >= 11 is 6.46. The molecule has 2 fully saturated rings. The molecule has 2 aliphatic rings. The summed E-state index contributed by atoms with van der Waals surface area (Å²) in [5.74, 6) is -2.21. The number of hydrogen-bond donors (Lipinski definition) is 2. The van der Waals surface area contributed by atoms with Gasteiger partial charge in [-0.15, -0.1) is 0 Å². The quantitative estimate of drug-likeness (QED) is 0.385. The Morgan fingerprint density at radius 2 is 1.95 bits per heavy atom. The van der Waals surface area contributed by atoms with Crippen LogP contribution in [0.15, 0.2) is 47.5 Å². The van der Waals surface area contributed by atoms with Crippen LogP contribution in [0.4, 0.5) is 18.0 Å². The topological polar surface area (TPSA) is 105 Å². The molecule has 1 aromatic heterocycles. The molecule has 13 heteroatoms. The summed E-state index contributed by atoms with van der Waals surface area (Å²) in [7, 11) is 0. The van der Waals surface area contributed by atoms with Crippen LogP contribution in [0.1, 0.15) is 29.5 Å². The van der Waals surface area contributed by atoms with Crippen LogP contribution in [0.2, 0.25) is 5.02 Å². The average Bonchev–Trinajstić information content (AvgIpc) is 3.40. The van der Waals surface area contributed by atoms with Crippen LogP contribution < -0.4 is 5.32 Å². The third-order valence-electron chi connectivity index (χ3n) is 6.85. The van der Waals surface area contributed by atoms with E-state index in [9.17, 15) is 32.7 Å². The molecule has 1 unspecified atom stereocenters. The molecule has 0 radical (unpaired) electrons. The molecule has 5 rings (SSSR count). The van der Waals surface area contributed by atoms with E-state index in [0.717, 1.165) is 11.0 Å². The number of nitrogens with zero attached hydrogens (tertiary/aromatic N) is 3. The first-order chi connectivity index (χ1) is 18.5. The zero-order chi connectivity index (χ0) is 27.9. The molecule has 0 bridgehead atoms. The summed E-state index contributed by atoms with van der Waals surface area (Å²) in [5.41, 5.74) is 0.301. The number of thioether (sulfide) groups is 1. The summed E-state index contributed by atoms with van der Waals surface area (Å²) in [6, 6.07) is 7.37. The Hall–Kier alpha value is -3.35. The van der Waals surface area contributed by atoms with Crippen molar-refractivity contribution >= 4 is 57.5 Å². The molecule has 0 spiro atoms. The van der Waals surface area contributed by atoms with Crippen LogP contribution in [-0.4, -0.2) is 56.0 Å². The largest absolute Gasteiger partial charge is 0.480 e. The van der Waals surface area contributed by atoms with Gasteiger partial charge in [-0.05, 0) is 85.1 Å². The number of aromatic nitrogens is 2. The maximum Gasteiger partial charge on any atom is 0.416 e. The zero-order valence-electron chi connectivity index (χ0n) is 20.2. The van der Waals surface area contributed by atoms with Gasteiger partial charge in [0.25, 0.3) is 11.1 Å². The molecule has 3 heterocycles. The molecule has 39 heavy (non-hydrogen) atoms. The molecule has 1 atom stereocenters. The fourth-order valence-corrected chi connectivity index (χ4v) is 6.02. The molecular formula is C26H22ClF3N4O4S. The molecule has 2 N–H and O–H groups in total. The summed E-state index contributed by atoms with van der Waals surface area (Å²) in [4.78, 5) is 38.8. The Morgan fingerprint density at radius 1 is 1.21 bits per heavy atom. The summed E-state index contributed by atoms with van der Waals surface area (Å²) < 4.78 is 42.0. The molecule has 8 nitrogen and oxygen atoms in total. The Kier molecular flexibility index (Phi) is 7.45. The molecule has 0 aliphatic carbocycles. The maximum atomic E-state index is 13.5. The van der Waals surface area contributed by atoms with Crippen molar-refractivity contribution in [3.63, 3.8) is 0 Å². The van der Waals surface area contributed by atoms with E-state index >= 15 is 0 Å². The van der Waals surface area contributed by atoms with Crippen LogP contribution in [0.3, 0.4) is 0 Å². The second-order valence-corrected chi connectivity index (χ2v) is 10.8. The Balaban J connectivity index is 1.40. The highest BCUT2D eigenvalue weighted by molar-refractivity contribution is 8.18. The van der Waals surface area contributed by atoms with Crippen molar-refractivity contribution in [3.8, 4) is 0 Å². The third kappa shape index (κ3) is 5.54. The van der Waals surface area contributed by atoms with Gasteiger partial charge in [-0.3, -0.25) is 19.2 Å². The van der Waals surface area contributed by atoms with E-state index in [1.54, 1.807) is 18.2 Å². The monoisotopic (exact) mass is 578 g/mol. The number of piperidine rings is 1. The predicted octanol–water partition coefficient (Wildman–Crippen LogP) is 5.25. The van der Waals surface area contributed by atoms with Gasteiger partial charge in [0, 0.05) is 10.4 Å². The lowest BCUT2D eigenvalue weighted by Crippen LogP contribution is -2.50. The number of benzene rings is 2. The number of carbonyl (C=O) groups is 3. The lowest BCUT2D eigenvalue weighted by Gasteiger charge is -2.32. The number of alkyl halides is 3. The predicted molar refractivity (Wildman–Crippen MR) is 140 cm³/mol. The van der Waals surface area contributed by atoms with Gasteiger partial charge in [-0.2, -0.15) is 18.3 Å². The molecule has 2 aliphatic heterocycles. The molecule has 3 aromatic rings. The Bertz CT molecular complexity index is 1500. The minimum atomic E-state index is -4.58. The van der Waals surface area contributed by atoms with E-state index in [1.165, 1.54) is 29.1 Å². The number of imide groups is 1. The van der Waals surface area contributed by atoms with Gasteiger partial charge in [0.2, 0.25) is 0 Å². The lowest BCUT2D eigenvalue weighted by molar-refractivity contribution is -0.148. The molecule has 2 saturated heterocycles. The fourth-order valence-electron chi connectivity index (χ4n) is 4.99. The molecule has 2 aromatic carbocycles. The van der Waals surface area contributed by atoms with Crippen LogP contribution in [0.5, 0.6) is 0 Å². The van der Waals surface area contributed by atoms with Gasteiger partial charge >= 0.3 is 12.1 Å². The van der Waals surface area contributed by atoms with Crippen LogP contribution in [0, 0.1) is 5.92 Å². The van der Waals surface area contributed by atoms with Crippen molar-refractivity contribution < 1.29 is 32.7 Å². The SMILES string of the molecule is O=C(O)C(C1CCNCC1)N1C(=O)S/C(=C\c2ccc3c(cnn3Cc3ccc(Cl)cc3C(F)(F)F)c2)C1=O. The van der Waals surface area contributed by atoms with Crippen molar-refractivity contribution in [2.75, 3.05) is 13.1 Å². The lowest BCUT2D eigenvalue weighted by atomic mass is 9.89. The number of rotatable bonds is 6. The van der Waals surface area contributed by atoms with Gasteiger partial charge in [0.1, 0.15) is 6.04 Å². The van der Waals surface area contributed by atoms with Gasteiger partial charge in [-0.25, -0.2) is 4.79 Å². The normalized spacial score (nSPS) is 18.9. The first-order valence-corrected chi connectivity index (χ1v) is 13.2. The summed E-state index contributed by atoms with van der Waals surface area (Å²) in [6.07, 6.45) is -0.492. The number of amides is 2. The Morgan fingerprint density at radius 3 is 2.64 bits per heavy atom. The molecular weight excluding hydrogens is 557 g/mol. The second kappa shape index (κ2) is 10.7. The van der Waals surface area contributed by atoms with E-state index < -0.39 is 34.9 Å². The van der Waals surface area contributed by atoms with E-state index in [1.807, 2.05) is 0 Å². The van der Waals surface area contributed by atoms with Crippen molar-refractivity contribution in [1.82, 2.24) is 20.0 Å². The smallest absolute Gasteiger partial charge is 0.416 e. The number of halogens is 4. The number of aliphatic carboxylic acids is 1. The minimum absolute atomic E-state index is 0.0105. The van der Waals surface area contributed by atoms with Crippen LogP contribution >= 0.6 is 23.4 Å². The standard InChI is InChI=1S/C26H22ClF3N4O4S/c27-18-3-2-16(19(11-18)26(28,29)30)13-33-20-4-1-14(9-17(20)12-32-33)10-21-23(35)34(25(38)39-21)22(24(36)37)15-5-7-31-8-6-15/h1-4,9-12,15,22,31H,5-8,13H2,(H,36,37)/b21-10-. The molecule has 2 amide bonds. The summed E-state index contributed by atoms with van der Waals surface area (Å²) in [6.45, 7) is 1.09. The highest BCUT2D eigenvalue weighted by atomic mass is 35.5. The number of carbonyl (C=O) groups excluding carboxylic acids is 2. The number of carboxylic acid groups (broad SMARTS) is 1. The first-order valence-electron chi connectivity index (χ1n) is 12.0. The number of hydrogen-bond acceptors (Lipinski definition) is 6. The van der Waals surface area contributed by atoms with Crippen LogP contribution in [0.25, 0.3) is 17.0 Å². The second-order valence-electron chi connectivity index (χ2n) is 9.34. The highest BCUT2D eigenvalue weighted by Crippen LogP contribution is 2.37. The minimum Gasteiger partial charge on any atom is -0.480 e.